The number of amides is 1. The maximum absolute atomic E-state index is 12.4. The fourth-order valence-electron chi connectivity index (χ4n) is 2.84. The molecule has 0 radical (unpaired) electrons. The summed E-state index contributed by atoms with van der Waals surface area (Å²) in [6, 6.07) is 7.71. The molecule has 0 aliphatic carbocycles. The van der Waals surface area contributed by atoms with E-state index < -0.39 is 17.2 Å². The first kappa shape index (κ1) is 19.0. The molecule has 8 nitrogen and oxygen atoms in total. The van der Waals surface area contributed by atoms with Crippen molar-refractivity contribution in [2.75, 3.05) is 23.8 Å². The van der Waals surface area contributed by atoms with Gasteiger partial charge in [0.15, 0.2) is 6.61 Å². The lowest BCUT2D eigenvalue weighted by atomic mass is 10.0. The first-order chi connectivity index (χ1) is 13.0. The molecule has 0 unspecified atom stereocenters. The van der Waals surface area contributed by atoms with Crippen LogP contribution in [0.2, 0.25) is 0 Å². The maximum atomic E-state index is 12.4. The van der Waals surface area contributed by atoms with Crippen LogP contribution in [0.15, 0.2) is 40.1 Å². The van der Waals surface area contributed by atoms with Gasteiger partial charge in [-0.1, -0.05) is 18.2 Å². The zero-order valence-corrected chi connectivity index (χ0v) is 15.3. The van der Waals surface area contributed by atoms with Crippen LogP contribution in [0.3, 0.4) is 0 Å². The average molecular weight is 389 g/mol. The van der Waals surface area contributed by atoms with Gasteiger partial charge in [-0.3, -0.25) is 19.4 Å². The van der Waals surface area contributed by atoms with Gasteiger partial charge in [-0.25, -0.2) is 4.79 Å². The van der Waals surface area contributed by atoms with Gasteiger partial charge in [0.25, 0.3) is 11.5 Å². The van der Waals surface area contributed by atoms with Crippen LogP contribution in [-0.4, -0.2) is 40.7 Å². The molecule has 1 aromatic heterocycles. The number of hydrogen-bond donors (Lipinski definition) is 2. The zero-order valence-electron chi connectivity index (χ0n) is 14.5. The monoisotopic (exact) mass is 389 g/mol. The van der Waals surface area contributed by atoms with Crippen LogP contribution in [-0.2, 0) is 26.5 Å². The predicted molar refractivity (Wildman–Crippen MR) is 102 cm³/mol. The van der Waals surface area contributed by atoms with E-state index in [1.807, 2.05) is 24.3 Å². The van der Waals surface area contributed by atoms with Gasteiger partial charge < -0.3 is 14.6 Å². The second-order valence-electron chi connectivity index (χ2n) is 6.03. The normalized spacial score (nSPS) is 13.1. The Morgan fingerprint density at radius 2 is 2.04 bits per heavy atom. The highest BCUT2D eigenvalue weighted by Crippen LogP contribution is 2.26. The molecule has 1 amide bonds. The Morgan fingerprint density at radius 1 is 1.22 bits per heavy atom. The molecule has 3 rings (SSSR count). The zero-order chi connectivity index (χ0) is 19.2. The molecule has 27 heavy (non-hydrogen) atoms. The maximum Gasteiger partial charge on any atom is 0.325 e. The van der Waals surface area contributed by atoms with Crippen LogP contribution >= 0.6 is 11.8 Å². The fourth-order valence-corrected chi connectivity index (χ4v) is 3.63. The molecule has 2 N–H and O–H groups in total. The summed E-state index contributed by atoms with van der Waals surface area (Å²) >= 11 is 1.17. The highest BCUT2D eigenvalue weighted by molar-refractivity contribution is 7.99. The highest BCUT2D eigenvalue weighted by Gasteiger charge is 2.22. The quantitative estimate of drug-likeness (QED) is 0.708. The third kappa shape index (κ3) is 4.88. The lowest BCUT2D eigenvalue weighted by molar-refractivity contribution is -0.145. The van der Waals surface area contributed by atoms with Gasteiger partial charge >= 0.3 is 11.7 Å². The molecule has 0 saturated heterocycles. The van der Waals surface area contributed by atoms with E-state index >= 15 is 0 Å². The number of fused-ring (bicyclic) bond motifs is 1. The van der Waals surface area contributed by atoms with E-state index in [0.717, 1.165) is 24.1 Å². The summed E-state index contributed by atoms with van der Waals surface area (Å²) < 4.78 is 5.06. The Kier molecular flexibility index (Phi) is 6.12. The van der Waals surface area contributed by atoms with E-state index in [0.29, 0.717) is 12.1 Å². The van der Waals surface area contributed by atoms with Crippen LogP contribution in [0.1, 0.15) is 17.5 Å². The number of nitrogens with one attached hydrogen (secondary N) is 2. The van der Waals surface area contributed by atoms with E-state index in [1.54, 1.807) is 4.90 Å². The van der Waals surface area contributed by atoms with E-state index in [2.05, 4.69) is 9.97 Å². The van der Waals surface area contributed by atoms with Gasteiger partial charge in [0.2, 0.25) is 0 Å². The van der Waals surface area contributed by atoms with E-state index in [-0.39, 0.29) is 24.0 Å². The summed E-state index contributed by atoms with van der Waals surface area (Å²) in [5.74, 6) is -0.533. The molecule has 0 fully saturated rings. The van der Waals surface area contributed by atoms with Crippen molar-refractivity contribution in [2.45, 2.75) is 18.6 Å². The van der Waals surface area contributed by atoms with Crippen molar-refractivity contribution in [3.8, 4) is 0 Å². The van der Waals surface area contributed by atoms with Gasteiger partial charge in [0.1, 0.15) is 0 Å². The number of hydrogen-bond acceptors (Lipinski definition) is 6. The fraction of sp³-hybridized carbons (Fsp3) is 0.333. The predicted octanol–water partition coefficient (Wildman–Crippen LogP) is 0.819. The molecule has 1 aliphatic rings. The molecule has 142 valence electrons. The molecule has 9 heteroatoms. The highest BCUT2D eigenvalue weighted by atomic mass is 32.2. The summed E-state index contributed by atoms with van der Waals surface area (Å²) in [7, 11) is 0. The molecule has 1 aliphatic heterocycles. The van der Waals surface area contributed by atoms with Gasteiger partial charge in [-0.15, -0.1) is 11.8 Å². The van der Waals surface area contributed by atoms with Crippen LogP contribution in [0.5, 0.6) is 0 Å². The standard InChI is InChI=1S/C18H19N3O5S/c22-15(21-7-3-5-12-4-1-2-6-14(12)21)9-26-16(23)11-27-10-13-8-19-18(25)20-17(13)24/h1-2,4,6,8H,3,5,7,9-11H2,(H2,19,20,24,25). The molecular weight excluding hydrogens is 370 g/mol. The SMILES string of the molecule is O=C(CSCc1c[nH]c(=O)[nH]c1=O)OCC(=O)N1CCCc2ccccc21. The Labute approximate surface area is 158 Å². The number of benzene rings is 1. The second-order valence-corrected chi connectivity index (χ2v) is 7.01. The molecule has 0 spiro atoms. The summed E-state index contributed by atoms with van der Waals surface area (Å²) in [6.45, 7) is 0.296. The van der Waals surface area contributed by atoms with E-state index in [1.165, 1.54) is 18.0 Å². The molecular formula is C18H19N3O5S. The number of H-pyrrole nitrogens is 2. The van der Waals surface area contributed by atoms with Crippen LogP contribution in [0, 0.1) is 0 Å². The third-order valence-corrected chi connectivity index (χ3v) is 5.10. The van der Waals surface area contributed by atoms with Crippen LogP contribution < -0.4 is 16.1 Å². The van der Waals surface area contributed by atoms with Crippen molar-refractivity contribution in [1.82, 2.24) is 9.97 Å². The van der Waals surface area contributed by atoms with Gasteiger partial charge in [-0.2, -0.15) is 0 Å². The number of aryl methyl sites for hydroxylation is 1. The average Bonchev–Trinajstić information content (AvgIpc) is 2.67. The first-order valence-corrected chi connectivity index (χ1v) is 9.62. The summed E-state index contributed by atoms with van der Waals surface area (Å²) in [6.07, 6.45) is 3.12. The Balaban J connectivity index is 1.46. The van der Waals surface area contributed by atoms with E-state index in [9.17, 15) is 19.2 Å². The lowest BCUT2D eigenvalue weighted by Crippen LogP contribution is -2.38. The number of aromatic amines is 2. The van der Waals surface area contributed by atoms with Gasteiger partial charge in [-0.05, 0) is 24.5 Å². The smallest absolute Gasteiger partial charge is 0.325 e. The van der Waals surface area contributed by atoms with Gasteiger partial charge in [0.05, 0.1) is 5.75 Å². The van der Waals surface area contributed by atoms with Crippen molar-refractivity contribution in [1.29, 1.82) is 0 Å². The number of nitrogens with zero attached hydrogens (tertiary/aromatic N) is 1. The van der Waals surface area contributed by atoms with Crippen molar-refractivity contribution in [2.24, 2.45) is 0 Å². The summed E-state index contributed by atoms with van der Waals surface area (Å²) in [5.41, 5.74) is 1.28. The van der Waals surface area contributed by atoms with Crippen LogP contribution in [0.25, 0.3) is 0 Å². The first-order valence-electron chi connectivity index (χ1n) is 8.47. The minimum Gasteiger partial charge on any atom is -0.455 e. The molecule has 1 aromatic carbocycles. The van der Waals surface area contributed by atoms with Gasteiger partial charge in [0, 0.05) is 29.7 Å². The molecule has 2 heterocycles. The Morgan fingerprint density at radius 3 is 2.85 bits per heavy atom. The minimum atomic E-state index is -0.578. The van der Waals surface area contributed by atoms with Crippen LogP contribution in [0.4, 0.5) is 5.69 Å². The summed E-state index contributed by atoms with van der Waals surface area (Å²) in [4.78, 5) is 52.9. The number of carbonyl (C=O) groups is 2. The minimum absolute atomic E-state index is 0.00241. The third-order valence-electron chi connectivity index (χ3n) is 4.14. The Bertz CT molecular complexity index is 952. The lowest BCUT2D eigenvalue weighted by Gasteiger charge is -2.29. The molecule has 0 bridgehead atoms. The number of esters is 1. The van der Waals surface area contributed by atoms with Crippen molar-refractivity contribution < 1.29 is 14.3 Å². The largest absolute Gasteiger partial charge is 0.455 e. The number of thioether (sulfide) groups is 1. The molecule has 0 saturated carbocycles. The Hall–Kier alpha value is -2.81. The number of anilines is 1. The topological polar surface area (TPSA) is 112 Å². The number of ether oxygens (including phenoxy) is 1. The molecule has 2 aromatic rings. The molecule has 0 atom stereocenters. The number of rotatable bonds is 6. The van der Waals surface area contributed by atoms with Crippen molar-refractivity contribution in [3.05, 3.63) is 62.4 Å². The van der Waals surface area contributed by atoms with Crippen molar-refractivity contribution in [3.63, 3.8) is 0 Å². The number of para-hydroxylation sites is 1. The number of aromatic nitrogens is 2. The van der Waals surface area contributed by atoms with E-state index in [4.69, 9.17) is 4.74 Å². The number of carbonyl (C=O) groups excluding carboxylic acids is 2. The second kappa shape index (κ2) is 8.72. The summed E-state index contributed by atoms with van der Waals surface area (Å²) in [5, 5.41) is 0. The van der Waals surface area contributed by atoms with Crippen molar-refractivity contribution >= 4 is 29.3 Å².